The average molecular weight is 447 g/mol. The van der Waals surface area contributed by atoms with Crippen molar-refractivity contribution >= 4 is 29.1 Å². The van der Waals surface area contributed by atoms with Crippen LogP contribution in [0.25, 0.3) is 0 Å². The summed E-state index contributed by atoms with van der Waals surface area (Å²) < 4.78 is 15.6. The number of para-hydroxylation sites is 1. The molecule has 0 saturated carbocycles. The molecule has 0 atom stereocenters. The zero-order chi connectivity index (χ0) is 23.6. The molecule has 0 unspecified atom stereocenters. The van der Waals surface area contributed by atoms with Gasteiger partial charge in [0.25, 0.3) is 0 Å². The molecule has 0 aliphatic heterocycles. The van der Waals surface area contributed by atoms with Crippen molar-refractivity contribution in [3.8, 4) is 5.75 Å². The molecular weight excluding hydrogens is 420 g/mol. The summed E-state index contributed by atoms with van der Waals surface area (Å²) in [6.07, 6.45) is 0. The predicted octanol–water partition coefficient (Wildman–Crippen LogP) is 5.24. The highest BCUT2D eigenvalue weighted by Crippen LogP contribution is 2.23. The van der Waals surface area contributed by atoms with Crippen molar-refractivity contribution in [2.24, 2.45) is 4.99 Å². The van der Waals surface area contributed by atoms with E-state index in [1.807, 2.05) is 24.3 Å². The quantitative estimate of drug-likeness (QED) is 0.289. The normalized spacial score (nSPS) is 10.9. The van der Waals surface area contributed by atoms with Crippen molar-refractivity contribution in [2.75, 3.05) is 25.6 Å². The molecule has 7 nitrogen and oxygen atoms in total. The molecule has 0 bridgehead atoms. The van der Waals surface area contributed by atoms with E-state index in [2.05, 4.69) is 5.32 Å². The van der Waals surface area contributed by atoms with Gasteiger partial charge in [0.05, 0.1) is 42.7 Å². The standard InChI is InChI=1S/C26H26N2O5/c1-4-32-25(29)18-10-14-20(15-11-18)27-24(22-8-6-7-9-23(22)31-3)28-21-16-12-19(13-17-21)26(30)33-5-2/h6-17H,4-5H2,1-3H3,(H,27,28). The van der Waals surface area contributed by atoms with E-state index in [4.69, 9.17) is 19.2 Å². The Hall–Kier alpha value is -4.13. The molecule has 0 aliphatic carbocycles. The third-order valence-electron chi connectivity index (χ3n) is 4.64. The van der Waals surface area contributed by atoms with Crippen molar-refractivity contribution < 1.29 is 23.8 Å². The van der Waals surface area contributed by atoms with Crippen LogP contribution in [0.5, 0.6) is 5.75 Å². The molecule has 0 saturated heterocycles. The predicted molar refractivity (Wildman–Crippen MR) is 128 cm³/mol. The third-order valence-corrected chi connectivity index (χ3v) is 4.64. The molecule has 33 heavy (non-hydrogen) atoms. The number of esters is 2. The second-order valence-corrected chi connectivity index (χ2v) is 6.85. The maximum Gasteiger partial charge on any atom is 0.338 e. The Labute approximate surface area is 193 Å². The summed E-state index contributed by atoms with van der Waals surface area (Å²) >= 11 is 0. The summed E-state index contributed by atoms with van der Waals surface area (Å²) in [5.41, 5.74) is 3.05. The fourth-order valence-corrected chi connectivity index (χ4v) is 3.05. The Bertz CT molecular complexity index is 1120. The molecule has 1 N–H and O–H groups in total. The van der Waals surface area contributed by atoms with Crippen LogP contribution in [0.1, 0.15) is 40.1 Å². The van der Waals surface area contributed by atoms with Gasteiger partial charge in [-0.15, -0.1) is 0 Å². The van der Waals surface area contributed by atoms with E-state index in [-0.39, 0.29) is 11.9 Å². The molecule has 0 aliphatic rings. The Kier molecular flexibility index (Phi) is 8.18. The molecule has 0 spiro atoms. The molecule has 7 heteroatoms. The molecule has 0 fully saturated rings. The number of rotatable bonds is 8. The maximum absolute atomic E-state index is 11.9. The first kappa shape index (κ1) is 23.5. The van der Waals surface area contributed by atoms with Crippen LogP contribution in [0.2, 0.25) is 0 Å². The molecule has 0 radical (unpaired) electrons. The van der Waals surface area contributed by atoms with Crippen LogP contribution in [-0.2, 0) is 9.47 Å². The fraction of sp³-hybridized carbons (Fsp3) is 0.192. The average Bonchev–Trinajstić information content (AvgIpc) is 2.84. The molecular formula is C26H26N2O5. The van der Waals surface area contributed by atoms with Gasteiger partial charge in [0.2, 0.25) is 0 Å². The number of carbonyl (C=O) groups is 2. The van der Waals surface area contributed by atoms with Crippen LogP contribution in [0.3, 0.4) is 0 Å². The van der Waals surface area contributed by atoms with E-state index >= 15 is 0 Å². The summed E-state index contributed by atoms with van der Waals surface area (Å²) in [5.74, 6) is 0.442. The first-order valence-electron chi connectivity index (χ1n) is 10.6. The summed E-state index contributed by atoms with van der Waals surface area (Å²) in [6, 6.07) is 21.3. The minimum atomic E-state index is -0.377. The van der Waals surface area contributed by atoms with Crippen molar-refractivity contribution in [1.82, 2.24) is 0 Å². The van der Waals surface area contributed by atoms with Crippen LogP contribution in [-0.4, -0.2) is 38.1 Å². The van der Waals surface area contributed by atoms with Gasteiger partial charge in [0.15, 0.2) is 0 Å². The Morgan fingerprint density at radius 2 is 1.33 bits per heavy atom. The fourth-order valence-electron chi connectivity index (χ4n) is 3.05. The molecule has 3 aromatic rings. The Morgan fingerprint density at radius 3 is 1.88 bits per heavy atom. The van der Waals surface area contributed by atoms with Gasteiger partial charge < -0.3 is 19.5 Å². The number of aliphatic imine (C=N–C) groups is 1. The summed E-state index contributed by atoms with van der Waals surface area (Å²) in [5, 5.41) is 3.30. The lowest BCUT2D eigenvalue weighted by Crippen LogP contribution is -2.15. The number of carbonyl (C=O) groups excluding carboxylic acids is 2. The number of benzene rings is 3. The van der Waals surface area contributed by atoms with Crippen molar-refractivity contribution in [3.63, 3.8) is 0 Å². The lowest BCUT2D eigenvalue weighted by atomic mass is 10.1. The van der Waals surface area contributed by atoms with Crippen LogP contribution >= 0.6 is 0 Å². The van der Waals surface area contributed by atoms with Crippen LogP contribution in [0.4, 0.5) is 11.4 Å². The molecule has 3 aromatic carbocycles. The minimum absolute atomic E-state index is 0.315. The molecule has 3 rings (SSSR count). The Balaban J connectivity index is 1.93. The number of methoxy groups -OCH3 is 1. The summed E-state index contributed by atoms with van der Waals surface area (Å²) in [7, 11) is 1.60. The molecule has 0 amide bonds. The van der Waals surface area contributed by atoms with Gasteiger partial charge in [-0.3, -0.25) is 0 Å². The molecule has 0 aromatic heterocycles. The zero-order valence-corrected chi connectivity index (χ0v) is 18.8. The van der Waals surface area contributed by atoms with Crippen molar-refractivity contribution in [2.45, 2.75) is 13.8 Å². The smallest absolute Gasteiger partial charge is 0.338 e. The molecule has 0 heterocycles. The summed E-state index contributed by atoms with van der Waals surface area (Å²) in [4.78, 5) is 28.6. The Morgan fingerprint density at radius 1 is 0.788 bits per heavy atom. The van der Waals surface area contributed by atoms with Crippen LogP contribution in [0.15, 0.2) is 77.8 Å². The van der Waals surface area contributed by atoms with E-state index < -0.39 is 0 Å². The maximum atomic E-state index is 11.9. The van der Waals surface area contributed by atoms with E-state index in [9.17, 15) is 9.59 Å². The highest BCUT2D eigenvalue weighted by Gasteiger charge is 2.13. The SMILES string of the molecule is CCOC(=O)c1ccc(N=C(Nc2ccc(C(=O)OCC)cc2)c2ccccc2OC)cc1. The van der Waals surface area contributed by atoms with Crippen molar-refractivity contribution in [3.05, 3.63) is 89.5 Å². The number of anilines is 1. The number of amidine groups is 1. The van der Waals surface area contributed by atoms with Crippen LogP contribution in [0, 0.1) is 0 Å². The van der Waals surface area contributed by atoms with Gasteiger partial charge in [-0.25, -0.2) is 14.6 Å². The van der Waals surface area contributed by atoms with Gasteiger partial charge >= 0.3 is 11.9 Å². The summed E-state index contributed by atoms with van der Waals surface area (Å²) in [6.45, 7) is 4.16. The lowest BCUT2D eigenvalue weighted by Gasteiger charge is -2.14. The highest BCUT2D eigenvalue weighted by molar-refractivity contribution is 6.11. The van der Waals surface area contributed by atoms with E-state index in [0.29, 0.717) is 41.6 Å². The largest absolute Gasteiger partial charge is 0.496 e. The number of ether oxygens (including phenoxy) is 3. The zero-order valence-electron chi connectivity index (χ0n) is 18.8. The van der Waals surface area contributed by atoms with E-state index in [0.717, 1.165) is 11.3 Å². The highest BCUT2D eigenvalue weighted by atomic mass is 16.5. The van der Waals surface area contributed by atoms with Crippen LogP contribution < -0.4 is 10.1 Å². The van der Waals surface area contributed by atoms with Crippen molar-refractivity contribution in [1.29, 1.82) is 0 Å². The van der Waals surface area contributed by atoms with E-state index in [1.54, 1.807) is 69.5 Å². The first-order chi connectivity index (χ1) is 16.0. The minimum Gasteiger partial charge on any atom is -0.496 e. The second kappa shape index (κ2) is 11.5. The number of nitrogens with one attached hydrogen (secondary N) is 1. The monoisotopic (exact) mass is 446 g/mol. The number of nitrogens with zero attached hydrogens (tertiary/aromatic N) is 1. The topological polar surface area (TPSA) is 86.2 Å². The number of hydrogen-bond donors (Lipinski definition) is 1. The molecule has 170 valence electrons. The lowest BCUT2D eigenvalue weighted by molar-refractivity contribution is 0.0517. The van der Waals surface area contributed by atoms with Gasteiger partial charge in [0.1, 0.15) is 11.6 Å². The van der Waals surface area contributed by atoms with Gasteiger partial charge in [-0.2, -0.15) is 0 Å². The van der Waals surface area contributed by atoms with Gasteiger partial charge in [0, 0.05) is 5.69 Å². The van der Waals surface area contributed by atoms with Gasteiger partial charge in [-0.1, -0.05) is 12.1 Å². The van der Waals surface area contributed by atoms with E-state index in [1.165, 1.54) is 0 Å². The number of hydrogen-bond acceptors (Lipinski definition) is 6. The second-order valence-electron chi connectivity index (χ2n) is 6.85. The van der Waals surface area contributed by atoms with Gasteiger partial charge in [-0.05, 0) is 74.5 Å². The third kappa shape index (κ3) is 6.20. The first-order valence-corrected chi connectivity index (χ1v) is 10.6.